The Morgan fingerprint density at radius 3 is 2.61 bits per heavy atom. The zero-order valence-electron chi connectivity index (χ0n) is 12.6. The molecule has 1 aliphatic rings. The molecule has 1 aliphatic carbocycles. The monoisotopic (exact) mass is 366 g/mol. The quantitative estimate of drug-likeness (QED) is 0.576. The van der Waals surface area contributed by atoms with Gasteiger partial charge in [-0.3, -0.25) is 4.31 Å². The molecule has 0 saturated heterocycles. The molecule has 0 radical (unpaired) electrons. The molecule has 1 saturated carbocycles. The van der Waals surface area contributed by atoms with E-state index >= 15 is 0 Å². The lowest BCUT2D eigenvalue weighted by molar-refractivity contribution is -0.136. The van der Waals surface area contributed by atoms with Gasteiger partial charge in [-0.05, 0) is 36.9 Å². The van der Waals surface area contributed by atoms with Crippen molar-refractivity contribution in [3.05, 3.63) is 29.8 Å². The molecule has 0 heterocycles. The molecule has 2 unspecified atom stereocenters. The summed E-state index contributed by atoms with van der Waals surface area (Å²) in [4.78, 5) is 12.2. The number of para-hydroxylation sites is 1. The second-order valence-electron chi connectivity index (χ2n) is 5.42. The molecule has 1 fully saturated rings. The van der Waals surface area contributed by atoms with Crippen molar-refractivity contribution >= 4 is 35.3 Å². The van der Waals surface area contributed by atoms with E-state index in [0.717, 1.165) is 31.7 Å². The SMILES string of the molecule is CN(SC1CCCCC1Cl)C(=O)Nc1ccccc1C(F)(F)F. The van der Waals surface area contributed by atoms with Crippen LogP contribution in [0.3, 0.4) is 0 Å². The third kappa shape index (κ3) is 4.94. The number of amides is 2. The molecular weight excluding hydrogens is 349 g/mol. The lowest BCUT2D eigenvalue weighted by Crippen LogP contribution is -2.32. The van der Waals surface area contributed by atoms with Gasteiger partial charge in [0.25, 0.3) is 0 Å². The number of rotatable bonds is 3. The number of carbonyl (C=O) groups excluding carboxylic acids is 1. The van der Waals surface area contributed by atoms with Crippen LogP contribution in [0.1, 0.15) is 31.2 Å². The zero-order valence-corrected chi connectivity index (χ0v) is 14.1. The van der Waals surface area contributed by atoms with Gasteiger partial charge in [0.15, 0.2) is 0 Å². The molecule has 1 N–H and O–H groups in total. The molecule has 1 aromatic rings. The van der Waals surface area contributed by atoms with E-state index in [1.165, 1.54) is 41.5 Å². The van der Waals surface area contributed by atoms with E-state index in [1.54, 1.807) is 0 Å². The van der Waals surface area contributed by atoms with E-state index in [9.17, 15) is 18.0 Å². The van der Waals surface area contributed by atoms with Crippen LogP contribution in [0.25, 0.3) is 0 Å². The number of anilines is 1. The molecule has 128 valence electrons. The van der Waals surface area contributed by atoms with Crippen LogP contribution in [-0.4, -0.2) is 28.0 Å². The molecule has 0 spiro atoms. The van der Waals surface area contributed by atoms with E-state index < -0.39 is 17.8 Å². The minimum atomic E-state index is -4.51. The van der Waals surface area contributed by atoms with Gasteiger partial charge >= 0.3 is 12.2 Å². The molecule has 2 atom stereocenters. The molecule has 2 rings (SSSR count). The Morgan fingerprint density at radius 2 is 1.96 bits per heavy atom. The lowest BCUT2D eigenvalue weighted by atomic mass is 10.00. The van der Waals surface area contributed by atoms with Crippen molar-refractivity contribution in [2.75, 3.05) is 12.4 Å². The first-order valence-electron chi connectivity index (χ1n) is 7.31. The maximum absolute atomic E-state index is 12.9. The average molecular weight is 367 g/mol. The Labute approximate surface area is 142 Å². The van der Waals surface area contributed by atoms with Crippen molar-refractivity contribution < 1.29 is 18.0 Å². The van der Waals surface area contributed by atoms with Gasteiger partial charge in [-0.25, -0.2) is 4.79 Å². The van der Waals surface area contributed by atoms with Gasteiger partial charge in [0.1, 0.15) is 0 Å². The fourth-order valence-electron chi connectivity index (χ4n) is 2.45. The number of carbonyl (C=O) groups is 1. The number of hydrogen-bond donors (Lipinski definition) is 1. The van der Waals surface area contributed by atoms with Crippen molar-refractivity contribution in [3.8, 4) is 0 Å². The third-order valence-corrected chi connectivity index (χ3v) is 5.66. The minimum Gasteiger partial charge on any atom is -0.307 e. The lowest BCUT2D eigenvalue weighted by Gasteiger charge is -2.29. The average Bonchev–Trinajstić information content (AvgIpc) is 2.49. The van der Waals surface area contributed by atoms with Crippen molar-refractivity contribution in [3.63, 3.8) is 0 Å². The van der Waals surface area contributed by atoms with Crippen LogP contribution >= 0.6 is 23.5 Å². The number of nitrogens with one attached hydrogen (secondary N) is 1. The van der Waals surface area contributed by atoms with Crippen LogP contribution < -0.4 is 5.32 Å². The summed E-state index contributed by atoms with van der Waals surface area (Å²) in [6, 6.07) is 4.33. The van der Waals surface area contributed by atoms with Gasteiger partial charge in [0.2, 0.25) is 0 Å². The van der Waals surface area contributed by atoms with E-state index in [2.05, 4.69) is 5.32 Å². The van der Waals surface area contributed by atoms with Crippen LogP contribution in [-0.2, 0) is 6.18 Å². The normalized spacial score (nSPS) is 21.8. The number of urea groups is 1. The van der Waals surface area contributed by atoms with Crippen LogP contribution in [0.2, 0.25) is 0 Å². The first-order valence-corrected chi connectivity index (χ1v) is 8.58. The van der Waals surface area contributed by atoms with Gasteiger partial charge in [-0.1, -0.05) is 25.0 Å². The van der Waals surface area contributed by atoms with E-state index in [0.29, 0.717) is 0 Å². The van der Waals surface area contributed by atoms with Crippen molar-refractivity contribution in [2.45, 2.75) is 42.5 Å². The molecule has 0 aliphatic heterocycles. The fraction of sp³-hybridized carbons (Fsp3) is 0.533. The highest BCUT2D eigenvalue weighted by Gasteiger charge is 2.34. The Hall–Kier alpha value is -1.08. The first-order chi connectivity index (χ1) is 10.8. The summed E-state index contributed by atoms with van der Waals surface area (Å²) >= 11 is 7.53. The molecule has 1 aromatic carbocycles. The predicted octanol–water partition coefficient (Wildman–Crippen LogP) is 5.37. The molecule has 0 aromatic heterocycles. The van der Waals surface area contributed by atoms with Gasteiger partial charge in [0, 0.05) is 17.7 Å². The van der Waals surface area contributed by atoms with Gasteiger partial charge in [0.05, 0.1) is 11.3 Å². The first kappa shape index (κ1) is 18.3. The van der Waals surface area contributed by atoms with Crippen LogP contribution in [0.15, 0.2) is 24.3 Å². The van der Waals surface area contributed by atoms with Crippen LogP contribution in [0, 0.1) is 0 Å². The highest BCUT2D eigenvalue weighted by Crippen LogP contribution is 2.36. The number of alkyl halides is 4. The molecular formula is C15H18ClF3N2OS. The largest absolute Gasteiger partial charge is 0.418 e. The standard InChI is InChI=1S/C15H18ClF3N2OS/c1-21(23-13-9-5-3-7-11(13)16)14(22)20-12-8-4-2-6-10(12)15(17,18)19/h2,4,6,8,11,13H,3,5,7,9H2,1H3,(H,20,22). The summed E-state index contributed by atoms with van der Waals surface area (Å²) in [5, 5.41) is 2.40. The Kier molecular flexibility index (Phi) is 6.08. The third-order valence-electron chi connectivity index (χ3n) is 3.68. The van der Waals surface area contributed by atoms with E-state index in [4.69, 9.17) is 11.6 Å². The molecule has 8 heteroatoms. The van der Waals surface area contributed by atoms with Crippen LogP contribution in [0.4, 0.5) is 23.7 Å². The Morgan fingerprint density at radius 1 is 1.30 bits per heavy atom. The molecule has 23 heavy (non-hydrogen) atoms. The number of hydrogen-bond acceptors (Lipinski definition) is 2. The number of nitrogens with zero attached hydrogens (tertiary/aromatic N) is 1. The summed E-state index contributed by atoms with van der Waals surface area (Å²) in [6.07, 6.45) is -0.602. The zero-order chi connectivity index (χ0) is 17.0. The Bertz CT molecular complexity index is 556. The summed E-state index contributed by atoms with van der Waals surface area (Å²) in [5.41, 5.74) is -1.11. The molecule has 0 bridgehead atoms. The summed E-state index contributed by atoms with van der Waals surface area (Å²) < 4.78 is 40.1. The Balaban J connectivity index is 2.01. The van der Waals surface area contributed by atoms with Gasteiger partial charge in [-0.15, -0.1) is 11.6 Å². The topological polar surface area (TPSA) is 32.3 Å². The van der Waals surface area contributed by atoms with Gasteiger partial charge in [-0.2, -0.15) is 13.2 Å². The summed E-state index contributed by atoms with van der Waals surface area (Å²) in [7, 11) is 1.54. The highest BCUT2D eigenvalue weighted by atomic mass is 35.5. The van der Waals surface area contributed by atoms with Gasteiger partial charge < -0.3 is 5.32 Å². The number of benzene rings is 1. The van der Waals surface area contributed by atoms with Crippen LogP contribution in [0.5, 0.6) is 0 Å². The van der Waals surface area contributed by atoms with Crippen molar-refractivity contribution in [1.29, 1.82) is 0 Å². The van der Waals surface area contributed by atoms with Crippen molar-refractivity contribution in [2.24, 2.45) is 0 Å². The summed E-state index contributed by atoms with van der Waals surface area (Å²) in [5.74, 6) is 0. The fourth-order valence-corrected chi connectivity index (χ4v) is 3.96. The maximum Gasteiger partial charge on any atom is 0.418 e. The second-order valence-corrected chi connectivity index (χ2v) is 7.34. The van der Waals surface area contributed by atoms with E-state index in [-0.39, 0.29) is 16.3 Å². The predicted molar refractivity (Wildman–Crippen MR) is 87.7 cm³/mol. The van der Waals surface area contributed by atoms with E-state index in [1.807, 2.05) is 0 Å². The molecule has 3 nitrogen and oxygen atoms in total. The van der Waals surface area contributed by atoms with Crippen molar-refractivity contribution in [1.82, 2.24) is 4.31 Å². The highest BCUT2D eigenvalue weighted by molar-refractivity contribution is 7.98. The number of halogens is 4. The smallest absolute Gasteiger partial charge is 0.307 e. The second kappa shape index (κ2) is 7.66. The molecule has 2 amide bonds. The minimum absolute atomic E-state index is 0.0218. The maximum atomic E-state index is 12.9. The summed E-state index contributed by atoms with van der Waals surface area (Å²) in [6.45, 7) is 0.